The number of rotatable bonds is 4. The fraction of sp³-hybridized carbons (Fsp3) is 0.143. The van der Waals surface area contributed by atoms with Crippen LogP contribution in [0.25, 0.3) is 16.6 Å². The van der Waals surface area contributed by atoms with Crippen molar-refractivity contribution in [2.24, 2.45) is 0 Å². The first-order valence-electron chi connectivity index (χ1n) is 9.33. The van der Waals surface area contributed by atoms with Gasteiger partial charge in [0.15, 0.2) is 5.82 Å². The standard InChI is InChI=1S/C21H17ClN8O/c1-11(26-19-14(9-23)18(24)27-12(2)28-19)20-29-16-7-3-6-15(22)17(16)21(31)30(20)13-5-4-8-25-10-13/h3-8,10-11H,1-2H3,(H3,24,26,27,28)/t11-/m0/s1. The van der Waals surface area contributed by atoms with Gasteiger partial charge < -0.3 is 11.1 Å². The molecule has 0 saturated heterocycles. The topological polar surface area (TPSA) is 135 Å². The molecule has 1 aromatic carbocycles. The lowest BCUT2D eigenvalue weighted by molar-refractivity contribution is 0.728. The number of nitrogens with zero attached hydrogens (tertiary/aromatic N) is 6. The van der Waals surface area contributed by atoms with Crippen molar-refractivity contribution in [2.75, 3.05) is 11.1 Å². The summed E-state index contributed by atoms with van der Waals surface area (Å²) in [5.74, 6) is 1.14. The molecule has 3 heterocycles. The molecule has 3 aromatic heterocycles. The van der Waals surface area contributed by atoms with Gasteiger partial charge in [0.1, 0.15) is 29.1 Å². The quantitative estimate of drug-likeness (QED) is 0.501. The van der Waals surface area contributed by atoms with Crippen LogP contribution in [0.4, 0.5) is 11.6 Å². The molecule has 0 bridgehead atoms. The van der Waals surface area contributed by atoms with Crippen LogP contribution in [-0.4, -0.2) is 24.5 Å². The van der Waals surface area contributed by atoms with E-state index in [4.69, 9.17) is 22.3 Å². The Bertz CT molecular complexity index is 1390. The maximum atomic E-state index is 13.4. The molecule has 1 atom stereocenters. The molecule has 10 heteroatoms. The van der Waals surface area contributed by atoms with Crippen LogP contribution >= 0.6 is 11.6 Å². The zero-order chi connectivity index (χ0) is 22.1. The van der Waals surface area contributed by atoms with Crippen molar-refractivity contribution in [3.05, 3.63) is 75.3 Å². The van der Waals surface area contributed by atoms with Gasteiger partial charge >= 0.3 is 0 Å². The third-order valence-electron chi connectivity index (χ3n) is 4.68. The van der Waals surface area contributed by atoms with E-state index in [2.05, 4.69) is 20.3 Å². The van der Waals surface area contributed by atoms with Gasteiger partial charge in [0.05, 0.1) is 33.9 Å². The van der Waals surface area contributed by atoms with E-state index in [1.165, 1.54) is 4.57 Å². The molecule has 9 nitrogen and oxygen atoms in total. The van der Waals surface area contributed by atoms with Crippen LogP contribution in [0.5, 0.6) is 0 Å². The van der Waals surface area contributed by atoms with Crippen LogP contribution < -0.4 is 16.6 Å². The normalized spacial score (nSPS) is 11.8. The summed E-state index contributed by atoms with van der Waals surface area (Å²) in [6, 6.07) is 10.1. The van der Waals surface area contributed by atoms with Crippen molar-refractivity contribution in [3.8, 4) is 11.8 Å². The summed E-state index contributed by atoms with van der Waals surface area (Å²) >= 11 is 6.31. The molecule has 3 N–H and O–H groups in total. The number of nitrogens with two attached hydrogens (primary N) is 1. The Morgan fingerprint density at radius 2 is 2.03 bits per heavy atom. The lowest BCUT2D eigenvalue weighted by Crippen LogP contribution is -2.28. The highest BCUT2D eigenvalue weighted by atomic mass is 35.5. The minimum atomic E-state index is -0.530. The highest BCUT2D eigenvalue weighted by molar-refractivity contribution is 6.35. The van der Waals surface area contributed by atoms with Crippen molar-refractivity contribution in [1.82, 2.24) is 24.5 Å². The summed E-state index contributed by atoms with van der Waals surface area (Å²) in [6.07, 6.45) is 3.18. The van der Waals surface area contributed by atoms with E-state index >= 15 is 0 Å². The third kappa shape index (κ3) is 3.65. The largest absolute Gasteiger partial charge is 0.382 e. The second-order valence-electron chi connectivity index (χ2n) is 6.81. The van der Waals surface area contributed by atoms with Crippen molar-refractivity contribution in [2.45, 2.75) is 19.9 Å². The van der Waals surface area contributed by atoms with E-state index in [0.29, 0.717) is 33.3 Å². The molecule has 0 fully saturated rings. The number of anilines is 2. The molecule has 0 radical (unpaired) electrons. The summed E-state index contributed by atoms with van der Waals surface area (Å²) in [5.41, 5.74) is 6.66. The number of pyridine rings is 1. The number of nitriles is 1. The predicted molar refractivity (Wildman–Crippen MR) is 118 cm³/mol. The van der Waals surface area contributed by atoms with Gasteiger partial charge in [-0.25, -0.2) is 15.0 Å². The molecule has 0 aliphatic heterocycles. The molecular weight excluding hydrogens is 416 g/mol. The second-order valence-corrected chi connectivity index (χ2v) is 7.22. The number of nitrogen functional groups attached to an aromatic ring is 1. The number of aryl methyl sites for hydroxylation is 1. The Morgan fingerprint density at radius 1 is 1.23 bits per heavy atom. The molecule has 4 rings (SSSR count). The average molecular weight is 433 g/mol. The monoisotopic (exact) mass is 432 g/mol. The number of benzene rings is 1. The lowest BCUT2D eigenvalue weighted by Gasteiger charge is -2.21. The zero-order valence-electron chi connectivity index (χ0n) is 16.7. The fourth-order valence-electron chi connectivity index (χ4n) is 3.31. The summed E-state index contributed by atoms with van der Waals surface area (Å²) in [7, 11) is 0. The molecule has 0 spiro atoms. The van der Waals surface area contributed by atoms with E-state index < -0.39 is 6.04 Å². The molecule has 0 aliphatic carbocycles. The molecule has 0 unspecified atom stereocenters. The smallest absolute Gasteiger partial charge is 0.267 e. The van der Waals surface area contributed by atoms with Gasteiger partial charge in [0.25, 0.3) is 5.56 Å². The summed E-state index contributed by atoms with van der Waals surface area (Å²) in [5, 5.41) is 13.2. The number of hydrogen-bond donors (Lipinski definition) is 2. The highest BCUT2D eigenvalue weighted by Gasteiger charge is 2.21. The Balaban J connectivity index is 1.94. The van der Waals surface area contributed by atoms with Gasteiger partial charge in [-0.05, 0) is 38.1 Å². The van der Waals surface area contributed by atoms with Crippen LogP contribution in [0.1, 0.15) is 30.2 Å². The summed E-state index contributed by atoms with van der Waals surface area (Å²) < 4.78 is 1.45. The number of halogens is 1. The molecule has 4 aromatic rings. The van der Waals surface area contributed by atoms with Gasteiger partial charge in [-0.15, -0.1) is 0 Å². The van der Waals surface area contributed by atoms with E-state index in [1.807, 2.05) is 6.07 Å². The van der Waals surface area contributed by atoms with Crippen molar-refractivity contribution < 1.29 is 0 Å². The predicted octanol–water partition coefficient (Wildman–Crippen LogP) is 3.16. The van der Waals surface area contributed by atoms with Crippen LogP contribution in [0.2, 0.25) is 5.02 Å². The minimum absolute atomic E-state index is 0.0765. The molecule has 31 heavy (non-hydrogen) atoms. The second kappa shape index (κ2) is 8.01. The number of aromatic nitrogens is 5. The molecule has 154 valence electrons. The number of nitrogens with one attached hydrogen (secondary N) is 1. The van der Waals surface area contributed by atoms with Crippen molar-refractivity contribution in [1.29, 1.82) is 5.26 Å². The van der Waals surface area contributed by atoms with Gasteiger partial charge in [-0.2, -0.15) is 5.26 Å². The molecule has 0 aliphatic rings. The van der Waals surface area contributed by atoms with E-state index in [0.717, 1.165) is 0 Å². The molecule has 0 amide bonds. The number of fused-ring (bicyclic) bond motifs is 1. The molecule has 0 saturated carbocycles. The maximum Gasteiger partial charge on any atom is 0.267 e. The number of hydrogen-bond acceptors (Lipinski definition) is 8. The molecular formula is C21H17ClN8O. The van der Waals surface area contributed by atoms with E-state index in [-0.39, 0.29) is 22.8 Å². The average Bonchev–Trinajstić information content (AvgIpc) is 2.74. The first kappa shape index (κ1) is 20.3. The van der Waals surface area contributed by atoms with Gasteiger partial charge in [-0.3, -0.25) is 14.3 Å². The first-order chi connectivity index (χ1) is 14.9. The fourth-order valence-corrected chi connectivity index (χ4v) is 3.56. The van der Waals surface area contributed by atoms with Crippen molar-refractivity contribution in [3.63, 3.8) is 0 Å². The van der Waals surface area contributed by atoms with E-state index in [1.54, 1.807) is 56.6 Å². The Hall–Kier alpha value is -4.03. The van der Waals surface area contributed by atoms with Crippen LogP contribution in [0.3, 0.4) is 0 Å². The van der Waals surface area contributed by atoms with Gasteiger partial charge in [0.2, 0.25) is 0 Å². The zero-order valence-corrected chi connectivity index (χ0v) is 17.4. The highest BCUT2D eigenvalue weighted by Crippen LogP contribution is 2.26. The Labute approximate surface area is 182 Å². The Kier molecular flexibility index (Phi) is 5.23. The third-order valence-corrected chi connectivity index (χ3v) is 4.99. The van der Waals surface area contributed by atoms with Crippen molar-refractivity contribution >= 4 is 34.1 Å². The summed E-state index contributed by atoms with van der Waals surface area (Å²) in [4.78, 5) is 30.6. The minimum Gasteiger partial charge on any atom is -0.382 e. The Morgan fingerprint density at radius 3 is 2.74 bits per heavy atom. The first-order valence-corrected chi connectivity index (χ1v) is 9.70. The van der Waals surface area contributed by atoms with Gasteiger partial charge in [0, 0.05) is 6.20 Å². The van der Waals surface area contributed by atoms with Crippen LogP contribution in [0, 0.1) is 18.3 Å². The lowest BCUT2D eigenvalue weighted by atomic mass is 10.2. The SMILES string of the molecule is Cc1nc(N)c(C#N)c(N[C@@H](C)c2nc3cccc(Cl)c3c(=O)n2-c2cccnc2)n1. The maximum absolute atomic E-state index is 13.4. The van der Waals surface area contributed by atoms with E-state index in [9.17, 15) is 10.1 Å². The summed E-state index contributed by atoms with van der Waals surface area (Å²) in [6.45, 7) is 3.48. The van der Waals surface area contributed by atoms with Gasteiger partial charge in [-0.1, -0.05) is 17.7 Å². The van der Waals surface area contributed by atoms with Crippen LogP contribution in [-0.2, 0) is 0 Å². The van der Waals surface area contributed by atoms with Crippen LogP contribution in [0.15, 0.2) is 47.5 Å².